The first-order valence-electron chi connectivity index (χ1n) is 11.3. The molecule has 0 aliphatic carbocycles. The average Bonchev–Trinajstić information content (AvgIpc) is 2.90. The zero-order valence-corrected chi connectivity index (χ0v) is 26.1. The molecule has 1 aromatic carbocycles. The molecule has 2 aliphatic rings. The van der Waals surface area contributed by atoms with Gasteiger partial charge in [-0.1, -0.05) is 35.0 Å². The van der Waals surface area contributed by atoms with Gasteiger partial charge in [-0.3, -0.25) is 19.3 Å². The van der Waals surface area contributed by atoms with Crippen LogP contribution in [-0.2, 0) is 19.2 Å². The lowest BCUT2D eigenvalue weighted by Crippen LogP contribution is -2.70. The number of nitrogen functional groups attached to an aromatic ring is 2. The van der Waals surface area contributed by atoms with Crippen molar-refractivity contribution in [3.63, 3.8) is 0 Å². The number of nitrogens with two attached hydrogens (primary N) is 2. The second-order valence-electron chi connectivity index (χ2n) is 8.12. The van der Waals surface area contributed by atoms with Gasteiger partial charge in [0.1, 0.15) is 28.7 Å². The van der Waals surface area contributed by atoms with E-state index in [9.17, 15) is 24.3 Å². The predicted octanol–water partition coefficient (Wildman–Crippen LogP) is 3.40. The number of benzene rings is 1. The van der Waals surface area contributed by atoms with Crippen molar-refractivity contribution >= 4 is 117 Å². The van der Waals surface area contributed by atoms with Gasteiger partial charge in [-0.05, 0) is 12.1 Å². The zero-order chi connectivity index (χ0) is 29.8. The summed E-state index contributed by atoms with van der Waals surface area (Å²) < 4.78 is 0. The topological polar surface area (TPSA) is 202 Å². The summed E-state index contributed by atoms with van der Waals surface area (Å²) in [5.41, 5.74) is 11.2. The van der Waals surface area contributed by atoms with E-state index in [0.29, 0.717) is 40.7 Å². The SMILES string of the molecule is Nc1cc(N)nc(SCSC2=C(C(=O)O)N3C(=O)[C@@H](NC(=O)CSc4cc(Cl)c(SCC(=O)O)cc4Cl)[C@H]3SC2)n1. The van der Waals surface area contributed by atoms with Crippen LogP contribution in [0.4, 0.5) is 11.6 Å². The maximum atomic E-state index is 12.9. The molecule has 1 saturated heterocycles. The molecule has 0 radical (unpaired) electrons. The van der Waals surface area contributed by atoms with E-state index < -0.39 is 35.2 Å². The van der Waals surface area contributed by atoms with Crippen LogP contribution in [0.5, 0.6) is 0 Å². The van der Waals surface area contributed by atoms with E-state index in [1.54, 1.807) is 6.07 Å². The third-order valence-corrected chi connectivity index (χ3v) is 11.8. The molecule has 2 aromatic rings. The Labute approximate surface area is 264 Å². The number of hydrogen-bond donors (Lipinski definition) is 5. The molecule has 4 rings (SSSR count). The van der Waals surface area contributed by atoms with E-state index in [0.717, 1.165) is 23.5 Å². The summed E-state index contributed by atoms with van der Waals surface area (Å²) in [6.45, 7) is 0. The summed E-state index contributed by atoms with van der Waals surface area (Å²) in [5.74, 6) is -2.66. The fourth-order valence-corrected chi connectivity index (χ4v) is 9.46. The molecule has 1 aromatic heterocycles. The molecule has 41 heavy (non-hydrogen) atoms. The van der Waals surface area contributed by atoms with Crippen LogP contribution in [0.15, 0.2) is 43.7 Å². The number of amides is 2. The van der Waals surface area contributed by atoms with Crippen molar-refractivity contribution in [2.45, 2.75) is 26.4 Å². The van der Waals surface area contributed by atoms with E-state index in [-0.39, 0.29) is 28.8 Å². The van der Waals surface area contributed by atoms with Crippen molar-refractivity contribution in [1.82, 2.24) is 20.2 Å². The molecule has 0 spiro atoms. The summed E-state index contributed by atoms with van der Waals surface area (Å²) in [6, 6.07) is 3.64. The van der Waals surface area contributed by atoms with Crippen molar-refractivity contribution in [1.29, 1.82) is 0 Å². The third kappa shape index (κ3) is 7.82. The molecule has 0 unspecified atom stereocenters. The molecule has 2 amide bonds. The Morgan fingerprint density at radius 2 is 1.61 bits per heavy atom. The van der Waals surface area contributed by atoms with Gasteiger partial charge in [-0.25, -0.2) is 14.8 Å². The van der Waals surface area contributed by atoms with Gasteiger partial charge in [0.2, 0.25) is 5.91 Å². The Bertz CT molecular complexity index is 1430. The van der Waals surface area contributed by atoms with Gasteiger partial charge in [0.05, 0.1) is 26.6 Å². The summed E-state index contributed by atoms with van der Waals surface area (Å²) in [6.07, 6.45) is 0. The number of carboxylic acids is 2. The van der Waals surface area contributed by atoms with E-state index in [2.05, 4.69) is 15.3 Å². The van der Waals surface area contributed by atoms with E-state index in [4.69, 9.17) is 39.8 Å². The van der Waals surface area contributed by atoms with Gasteiger partial charge in [-0.2, -0.15) is 0 Å². The maximum Gasteiger partial charge on any atom is 0.353 e. The first-order valence-corrected chi connectivity index (χ1v) is 17.0. The molecule has 3 heterocycles. The molecule has 7 N–H and O–H groups in total. The monoisotopic (exact) mass is 694 g/mol. The largest absolute Gasteiger partial charge is 0.481 e. The minimum Gasteiger partial charge on any atom is -0.481 e. The molecule has 1 fully saturated rings. The highest BCUT2D eigenvalue weighted by atomic mass is 35.5. The lowest BCUT2D eigenvalue weighted by Gasteiger charge is -2.49. The number of hydrogen-bond acceptors (Lipinski definition) is 13. The van der Waals surface area contributed by atoms with Gasteiger partial charge >= 0.3 is 11.9 Å². The second-order valence-corrected chi connectivity index (χ2v) is 14.5. The molecular weight excluding hydrogens is 676 g/mol. The van der Waals surface area contributed by atoms with Crippen LogP contribution in [-0.4, -0.2) is 82.6 Å². The van der Waals surface area contributed by atoms with Gasteiger partial charge in [0, 0.05) is 26.5 Å². The van der Waals surface area contributed by atoms with Crippen molar-refractivity contribution in [2.75, 3.05) is 33.8 Å². The molecule has 2 aliphatic heterocycles. The van der Waals surface area contributed by atoms with Crippen LogP contribution in [0.3, 0.4) is 0 Å². The van der Waals surface area contributed by atoms with Crippen molar-refractivity contribution in [3.8, 4) is 0 Å². The fraction of sp³-hybridized carbons (Fsp3) is 0.273. The molecule has 19 heteroatoms. The average molecular weight is 696 g/mol. The number of aliphatic carboxylic acids is 2. The minimum atomic E-state index is -1.24. The first-order chi connectivity index (χ1) is 19.4. The van der Waals surface area contributed by atoms with Crippen LogP contribution in [0.2, 0.25) is 10.0 Å². The first kappa shape index (κ1) is 31.8. The number of rotatable bonds is 12. The van der Waals surface area contributed by atoms with Crippen molar-refractivity contribution in [3.05, 3.63) is 38.8 Å². The smallest absolute Gasteiger partial charge is 0.353 e. The number of anilines is 2. The number of fused-ring (bicyclic) bond motifs is 1. The van der Waals surface area contributed by atoms with Crippen LogP contribution in [0.25, 0.3) is 0 Å². The van der Waals surface area contributed by atoms with E-state index >= 15 is 0 Å². The molecule has 0 bridgehead atoms. The summed E-state index contributed by atoms with van der Waals surface area (Å²) in [4.78, 5) is 59.4. The predicted molar refractivity (Wildman–Crippen MR) is 164 cm³/mol. The standard InChI is InChI=1S/C22H20Cl2N6O6S5/c23-8-2-11(38-6-16(32)33)9(24)1-10(8)37-5-15(31)29-17-19(34)30-18(21(35)36)12(4-39-20(17)30)40-7-41-22-27-13(25)3-14(26)28-22/h1-3,17,20H,4-7H2,(H,29,31)(H,32,33)(H,35,36)(H4,25,26,27,28)/t17-,20-/m1/s1. The highest BCUT2D eigenvalue weighted by molar-refractivity contribution is 8.18. The molecular formula is C22H20Cl2N6O6S5. The highest BCUT2D eigenvalue weighted by Gasteiger charge is 2.54. The Morgan fingerprint density at radius 1 is 1.00 bits per heavy atom. The number of β-lactam (4-membered cyclic amide) rings is 1. The summed E-state index contributed by atoms with van der Waals surface area (Å²) in [5, 5.41) is 22.2. The van der Waals surface area contributed by atoms with Gasteiger partial charge in [0.25, 0.3) is 5.91 Å². The summed E-state index contributed by atoms with van der Waals surface area (Å²) in [7, 11) is 0. The molecule has 0 saturated carbocycles. The van der Waals surface area contributed by atoms with Gasteiger partial charge in [0.15, 0.2) is 5.16 Å². The lowest BCUT2D eigenvalue weighted by molar-refractivity contribution is -0.150. The number of carboxylic acid groups (broad SMARTS) is 2. The Kier molecular flexibility index (Phi) is 10.8. The number of carbonyl (C=O) groups excluding carboxylic acids is 2. The lowest BCUT2D eigenvalue weighted by atomic mass is 10.1. The van der Waals surface area contributed by atoms with Crippen LogP contribution >= 0.6 is 82.0 Å². The van der Waals surface area contributed by atoms with Crippen molar-refractivity contribution < 1.29 is 29.4 Å². The highest BCUT2D eigenvalue weighted by Crippen LogP contribution is 2.44. The van der Waals surface area contributed by atoms with Crippen LogP contribution in [0.1, 0.15) is 0 Å². The maximum absolute atomic E-state index is 12.9. The minimum absolute atomic E-state index is 0.0740. The number of nitrogens with zero attached hydrogens (tertiary/aromatic N) is 3. The van der Waals surface area contributed by atoms with E-state index in [1.165, 1.54) is 52.3 Å². The van der Waals surface area contributed by atoms with Gasteiger partial charge in [-0.15, -0.1) is 47.0 Å². The normalized spacial score (nSPS) is 18.1. The zero-order valence-electron chi connectivity index (χ0n) is 20.5. The number of carbonyl (C=O) groups is 4. The number of halogens is 2. The van der Waals surface area contributed by atoms with Crippen molar-refractivity contribution in [2.24, 2.45) is 0 Å². The Morgan fingerprint density at radius 3 is 2.20 bits per heavy atom. The van der Waals surface area contributed by atoms with Gasteiger partial charge < -0.3 is 27.0 Å². The number of nitrogens with one attached hydrogen (secondary N) is 1. The fourth-order valence-electron chi connectivity index (χ4n) is 3.61. The number of thioether (sulfide) groups is 5. The Hall–Kier alpha value is -2.15. The molecule has 218 valence electrons. The van der Waals surface area contributed by atoms with Crippen LogP contribution < -0.4 is 16.8 Å². The van der Waals surface area contributed by atoms with Crippen LogP contribution in [0, 0.1) is 0 Å². The summed E-state index contributed by atoms with van der Waals surface area (Å²) >= 11 is 18.5. The van der Waals surface area contributed by atoms with E-state index in [1.807, 2.05) is 0 Å². The molecule has 12 nitrogen and oxygen atoms in total. The quantitative estimate of drug-likeness (QED) is 0.0935. The third-order valence-electron chi connectivity index (χ3n) is 5.32. The Balaban J connectivity index is 1.33. The molecule has 2 atom stereocenters. The second kappa shape index (κ2) is 13.9. The number of aromatic nitrogens is 2.